The summed E-state index contributed by atoms with van der Waals surface area (Å²) in [6.07, 6.45) is 7.77. The van der Waals surface area contributed by atoms with Crippen molar-refractivity contribution in [2.45, 2.75) is 45.7 Å². The van der Waals surface area contributed by atoms with E-state index in [-0.39, 0.29) is 0 Å². The van der Waals surface area contributed by atoms with Crippen molar-refractivity contribution in [3.8, 4) is 0 Å². The van der Waals surface area contributed by atoms with Gasteiger partial charge in [-0.05, 0) is 50.2 Å². The summed E-state index contributed by atoms with van der Waals surface area (Å²) in [5.41, 5.74) is 1.49. The average Bonchev–Trinajstić information content (AvgIpc) is 2.74. The lowest BCUT2D eigenvalue weighted by atomic mass is 9.85. The second-order valence-electron chi connectivity index (χ2n) is 6.49. The van der Waals surface area contributed by atoms with E-state index in [0.717, 1.165) is 38.1 Å². The van der Waals surface area contributed by atoms with Crippen molar-refractivity contribution in [3.05, 3.63) is 24.0 Å². The summed E-state index contributed by atoms with van der Waals surface area (Å²) < 4.78 is 8.02. The van der Waals surface area contributed by atoms with Gasteiger partial charge in [0.15, 0.2) is 0 Å². The summed E-state index contributed by atoms with van der Waals surface area (Å²) >= 11 is 0. The average molecular weight is 276 g/mol. The highest BCUT2D eigenvalue weighted by Gasteiger charge is 2.25. The number of hydrogen-bond donors (Lipinski definition) is 0. The summed E-state index contributed by atoms with van der Waals surface area (Å²) in [5.74, 6) is 1.69. The summed E-state index contributed by atoms with van der Waals surface area (Å²) in [4.78, 5) is 2.69. The molecule has 0 spiro atoms. The first-order valence-corrected chi connectivity index (χ1v) is 8.29. The standard InChI is InChI=1S/C17H28N2O/c1-2-20-10-8-16-12-18(11-15-5-3-6-15)14-17-7-4-9-19(17)13-16/h4,7,9,15-16H,2-3,5-6,8,10-14H2,1H3/t16-/m0/s1. The van der Waals surface area contributed by atoms with Crippen LogP contribution in [0.3, 0.4) is 0 Å². The second-order valence-corrected chi connectivity index (χ2v) is 6.49. The van der Waals surface area contributed by atoms with Crippen molar-refractivity contribution in [1.82, 2.24) is 9.47 Å². The van der Waals surface area contributed by atoms with Gasteiger partial charge in [0, 0.05) is 51.3 Å². The van der Waals surface area contributed by atoms with Crippen LogP contribution in [-0.2, 0) is 17.8 Å². The van der Waals surface area contributed by atoms with Crippen LogP contribution < -0.4 is 0 Å². The molecule has 0 amide bonds. The molecule has 1 saturated carbocycles. The Balaban J connectivity index is 1.62. The van der Waals surface area contributed by atoms with Gasteiger partial charge in [-0.25, -0.2) is 0 Å². The lowest BCUT2D eigenvalue weighted by Crippen LogP contribution is -2.35. The Morgan fingerprint density at radius 1 is 1.25 bits per heavy atom. The summed E-state index contributed by atoms with van der Waals surface area (Å²) in [6.45, 7) is 8.68. The normalized spacial score (nSPS) is 24.1. The Kier molecular flexibility index (Phi) is 4.79. The number of aromatic nitrogens is 1. The predicted octanol–water partition coefficient (Wildman–Crippen LogP) is 3.15. The van der Waals surface area contributed by atoms with Crippen LogP contribution in [0.25, 0.3) is 0 Å². The molecule has 2 aliphatic rings. The molecule has 1 fully saturated rings. The summed E-state index contributed by atoms with van der Waals surface area (Å²) in [6, 6.07) is 4.49. The summed E-state index contributed by atoms with van der Waals surface area (Å²) in [7, 11) is 0. The smallest absolute Gasteiger partial charge is 0.0469 e. The van der Waals surface area contributed by atoms with Gasteiger partial charge in [-0.3, -0.25) is 4.90 Å². The van der Waals surface area contributed by atoms with Crippen molar-refractivity contribution < 1.29 is 4.74 Å². The van der Waals surface area contributed by atoms with Crippen LogP contribution in [0.4, 0.5) is 0 Å². The zero-order valence-electron chi connectivity index (χ0n) is 12.8. The molecule has 0 aromatic carbocycles. The van der Waals surface area contributed by atoms with E-state index in [1.165, 1.54) is 44.5 Å². The van der Waals surface area contributed by atoms with Crippen LogP contribution in [0.15, 0.2) is 18.3 Å². The molecule has 0 unspecified atom stereocenters. The monoisotopic (exact) mass is 276 g/mol. The van der Waals surface area contributed by atoms with Gasteiger partial charge >= 0.3 is 0 Å². The lowest BCUT2D eigenvalue weighted by molar-refractivity contribution is 0.110. The second kappa shape index (κ2) is 6.77. The molecule has 0 N–H and O–H groups in total. The van der Waals surface area contributed by atoms with E-state index in [4.69, 9.17) is 4.74 Å². The highest BCUT2D eigenvalue weighted by atomic mass is 16.5. The van der Waals surface area contributed by atoms with Crippen LogP contribution in [0.5, 0.6) is 0 Å². The number of nitrogens with zero attached hydrogens (tertiary/aromatic N) is 2. The van der Waals surface area contributed by atoms with Crippen LogP contribution in [0.1, 0.15) is 38.3 Å². The molecule has 0 saturated heterocycles. The van der Waals surface area contributed by atoms with E-state index in [1.807, 2.05) is 0 Å². The zero-order valence-corrected chi connectivity index (χ0v) is 12.8. The maximum absolute atomic E-state index is 5.57. The molecule has 3 rings (SSSR count). The molecular formula is C17H28N2O. The van der Waals surface area contributed by atoms with E-state index in [9.17, 15) is 0 Å². The van der Waals surface area contributed by atoms with Gasteiger partial charge < -0.3 is 9.30 Å². The Morgan fingerprint density at radius 3 is 2.90 bits per heavy atom. The Hall–Kier alpha value is -0.800. The minimum atomic E-state index is 0.732. The molecule has 1 aliphatic heterocycles. The SMILES string of the molecule is CCOCC[C@H]1CN(CC2CCC2)Cc2cccn2C1. The van der Waals surface area contributed by atoms with Crippen molar-refractivity contribution in [2.24, 2.45) is 11.8 Å². The molecule has 20 heavy (non-hydrogen) atoms. The van der Waals surface area contributed by atoms with Crippen molar-refractivity contribution >= 4 is 0 Å². The fourth-order valence-electron chi connectivity index (χ4n) is 3.52. The van der Waals surface area contributed by atoms with Crippen molar-refractivity contribution in [1.29, 1.82) is 0 Å². The number of hydrogen-bond acceptors (Lipinski definition) is 2. The van der Waals surface area contributed by atoms with Crippen LogP contribution in [0.2, 0.25) is 0 Å². The first kappa shape index (κ1) is 14.2. The van der Waals surface area contributed by atoms with E-state index in [1.54, 1.807) is 0 Å². The minimum Gasteiger partial charge on any atom is -0.382 e. The third-order valence-electron chi connectivity index (χ3n) is 4.90. The van der Waals surface area contributed by atoms with E-state index in [2.05, 4.69) is 34.7 Å². The third kappa shape index (κ3) is 3.44. The van der Waals surface area contributed by atoms with E-state index >= 15 is 0 Å². The number of ether oxygens (including phenoxy) is 1. The van der Waals surface area contributed by atoms with Crippen LogP contribution in [-0.4, -0.2) is 35.8 Å². The third-order valence-corrected chi connectivity index (χ3v) is 4.90. The highest BCUT2D eigenvalue weighted by molar-refractivity contribution is 5.08. The highest BCUT2D eigenvalue weighted by Crippen LogP contribution is 2.29. The summed E-state index contributed by atoms with van der Waals surface area (Å²) in [5, 5.41) is 0. The van der Waals surface area contributed by atoms with Gasteiger partial charge in [0.25, 0.3) is 0 Å². The van der Waals surface area contributed by atoms with Gasteiger partial charge in [0.2, 0.25) is 0 Å². The van der Waals surface area contributed by atoms with Crippen LogP contribution in [0, 0.1) is 11.8 Å². The lowest BCUT2D eigenvalue weighted by Gasteiger charge is -2.32. The van der Waals surface area contributed by atoms with Crippen molar-refractivity contribution in [2.75, 3.05) is 26.3 Å². The molecule has 1 aromatic heterocycles. The first-order valence-electron chi connectivity index (χ1n) is 8.29. The van der Waals surface area contributed by atoms with Gasteiger partial charge in [0.05, 0.1) is 0 Å². The van der Waals surface area contributed by atoms with Gasteiger partial charge in [-0.1, -0.05) is 6.42 Å². The minimum absolute atomic E-state index is 0.732. The maximum atomic E-state index is 5.57. The fraction of sp³-hybridized carbons (Fsp3) is 0.765. The molecule has 1 aliphatic carbocycles. The van der Waals surface area contributed by atoms with E-state index < -0.39 is 0 Å². The first-order chi connectivity index (χ1) is 9.85. The molecule has 0 bridgehead atoms. The quantitative estimate of drug-likeness (QED) is 0.743. The molecule has 112 valence electrons. The fourth-order valence-corrected chi connectivity index (χ4v) is 3.52. The Bertz CT molecular complexity index is 411. The Morgan fingerprint density at radius 2 is 2.15 bits per heavy atom. The van der Waals surface area contributed by atoms with Crippen LogP contribution >= 0.6 is 0 Å². The zero-order chi connectivity index (χ0) is 13.8. The van der Waals surface area contributed by atoms with Gasteiger partial charge in [0.1, 0.15) is 0 Å². The molecule has 2 heterocycles. The molecule has 1 aromatic rings. The molecule has 3 heteroatoms. The number of rotatable bonds is 6. The molecular weight excluding hydrogens is 248 g/mol. The molecule has 1 atom stereocenters. The van der Waals surface area contributed by atoms with Gasteiger partial charge in [-0.15, -0.1) is 0 Å². The van der Waals surface area contributed by atoms with Crippen molar-refractivity contribution in [3.63, 3.8) is 0 Å². The predicted molar refractivity (Wildman–Crippen MR) is 81.7 cm³/mol. The Labute approximate surface area is 122 Å². The number of fused-ring (bicyclic) bond motifs is 1. The maximum Gasteiger partial charge on any atom is 0.0469 e. The topological polar surface area (TPSA) is 17.4 Å². The largest absolute Gasteiger partial charge is 0.382 e. The van der Waals surface area contributed by atoms with E-state index in [0.29, 0.717) is 0 Å². The van der Waals surface area contributed by atoms with Gasteiger partial charge in [-0.2, -0.15) is 0 Å². The molecule has 3 nitrogen and oxygen atoms in total. The molecule has 0 radical (unpaired) electrons.